The molecule has 9 nitrogen and oxygen atoms in total. The number of anilines is 1. The highest BCUT2D eigenvalue weighted by atomic mass is 32.1. The highest BCUT2D eigenvalue weighted by Crippen LogP contribution is 2.29. The van der Waals surface area contributed by atoms with Crippen LogP contribution < -0.4 is 10.9 Å². The quantitative estimate of drug-likeness (QED) is 0.670. The van der Waals surface area contributed by atoms with Crippen molar-refractivity contribution in [3.05, 3.63) is 51.4 Å². The van der Waals surface area contributed by atoms with Gasteiger partial charge in [-0.05, 0) is 32.9 Å². The normalized spacial score (nSPS) is 13.7. The smallest absolute Gasteiger partial charge is 0.410 e. The molecule has 0 saturated heterocycles. The van der Waals surface area contributed by atoms with Crippen molar-refractivity contribution in [1.82, 2.24) is 19.4 Å². The highest BCUT2D eigenvalue weighted by Gasteiger charge is 2.28. The summed E-state index contributed by atoms with van der Waals surface area (Å²) in [5, 5.41) is 3.23. The van der Waals surface area contributed by atoms with E-state index in [0.29, 0.717) is 35.7 Å². The minimum absolute atomic E-state index is 0.143. The second-order valence-electron chi connectivity index (χ2n) is 8.26. The maximum atomic E-state index is 12.6. The molecular formula is C21H23N5O4S. The number of carbonyl (C=O) groups excluding carboxylic acids is 2. The number of hydrogen-bond acceptors (Lipinski definition) is 7. The number of fused-ring (bicyclic) bond motifs is 2. The van der Waals surface area contributed by atoms with Crippen molar-refractivity contribution in [2.24, 2.45) is 0 Å². The lowest BCUT2D eigenvalue weighted by Gasteiger charge is -2.29. The van der Waals surface area contributed by atoms with Crippen molar-refractivity contribution in [1.29, 1.82) is 0 Å². The molecule has 1 aliphatic rings. The molecule has 0 atom stereocenters. The van der Waals surface area contributed by atoms with Gasteiger partial charge in [0, 0.05) is 17.8 Å². The lowest BCUT2D eigenvalue weighted by Crippen LogP contribution is -2.39. The summed E-state index contributed by atoms with van der Waals surface area (Å²) in [6.07, 6.45) is 1.44. The van der Waals surface area contributed by atoms with Gasteiger partial charge in [-0.1, -0.05) is 23.5 Å². The van der Waals surface area contributed by atoms with Gasteiger partial charge in [-0.15, -0.1) is 0 Å². The number of thiazole rings is 1. The zero-order valence-corrected chi connectivity index (χ0v) is 18.4. The zero-order valence-electron chi connectivity index (χ0n) is 17.5. The second kappa shape index (κ2) is 8.10. The Bertz CT molecular complexity index is 1210. The van der Waals surface area contributed by atoms with Crippen LogP contribution in [0.3, 0.4) is 0 Å². The molecule has 3 heterocycles. The largest absolute Gasteiger partial charge is 0.444 e. The van der Waals surface area contributed by atoms with Crippen molar-refractivity contribution in [3.63, 3.8) is 0 Å². The van der Waals surface area contributed by atoms with Crippen molar-refractivity contribution >= 4 is 39.5 Å². The Morgan fingerprint density at radius 1 is 1.26 bits per heavy atom. The number of nitrogens with zero attached hydrogens (tertiary/aromatic N) is 4. The van der Waals surface area contributed by atoms with Gasteiger partial charge in [-0.3, -0.25) is 14.2 Å². The molecule has 0 radical (unpaired) electrons. The summed E-state index contributed by atoms with van der Waals surface area (Å²) < 4.78 is 6.82. The first-order chi connectivity index (χ1) is 14.7. The molecule has 3 aromatic rings. The number of carbonyl (C=O) groups is 2. The molecule has 0 fully saturated rings. The van der Waals surface area contributed by atoms with E-state index in [1.165, 1.54) is 22.1 Å². The first-order valence-electron chi connectivity index (χ1n) is 9.90. The van der Waals surface area contributed by atoms with Gasteiger partial charge >= 0.3 is 6.09 Å². The van der Waals surface area contributed by atoms with Crippen molar-refractivity contribution < 1.29 is 14.3 Å². The van der Waals surface area contributed by atoms with Crippen molar-refractivity contribution in [2.75, 3.05) is 11.9 Å². The first kappa shape index (κ1) is 21.0. The third kappa shape index (κ3) is 4.74. The molecule has 1 aliphatic heterocycles. The lowest BCUT2D eigenvalue weighted by molar-refractivity contribution is -0.116. The average Bonchev–Trinajstić information content (AvgIpc) is 3.10. The number of rotatable bonds is 3. The summed E-state index contributed by atoms with van der Waals surface area (Å²) in [4.78, 5) is 48.3. The maximum Gasteiger partial charge on any atom is 0.410 e. The third-order valence-electron chi connectivity index (χ3n) is 4.68. The van der Waals surface area contributed by atoms with Crippen LogP contribution >= 0.6 is 11.3 Å². The van der Waals surface area contributed by atoms with E-state index >= 15 is 0 Å². The SMILES string of the molecule is CC(C)(C)OC(=O)N1CCc2nc(NC(=O)Cn3c(=O)cnc4ccccc43)sc2C1. The van der Waals surface area contributed by atoms with Crippen LogP contribution in [-0.2, 0) is 29.0 Å². The molecule has 4 rings (SSSR count). The Hall–Kier alpha value is -3.27. The fraction of sp³-hybridized carbons (Fsp3) is 0.381. The van der Waals surface area contributed by atoms with Crippen LogP contribution in [0.15, 0.2) is 35.3 Å². The summed E-state index contributed by atoms with van der Waals surface area (Å²) in [5.41, 5.74) is 1.20. The van der Waals surface area contributed by atoms with Crippen LogP contribution in [0.5, 0.6) is 0 Å². The summed E-state index contributed by atoms with van der Waals surface area (Å²) in [6.45, 7) is 6.26. The molecule has 31 heavy (non-hydrogen) atoms. The predicted molar refractivity (Wildman–Crippen MR) is 117 cm³/mol. The number of nitrogens with one attached hydrogen (secondary N) is 1. The van der Waals surface area contributed by atoms with Gasteiger partial charge < -0.3 is 15.0 Å². The standard InChI is InChI=1S/C21H23N5O4S/c1-21(2,3)30-20(29)25-9-8-14-16(11-25)31-19(23-14)24-17(27)12-26-15-7-5-4-6-13(15)22-10-18(26)28/h4-7,10H,8-9,11-12H2,1-3H3,(H,23,24,27). The molecule has 10 heteroatoms. The Kier molecular flexibility index (Phi) is 5.48. The summed E-state index contributed by atoms with van der Waals surface area (Å²) in [5.74, 6) is -0.353. The van der Waals surface area contributed by atoms with E-state index in [-0.39, 0.29) is 24.1 Å². The van der Waals surface area contributed by atoms with E-state index in [0.717, 1.165) is 10.6 Å². The van der Waals surface area contributed by atoms with Crippen molar-refractivity contribution in [2.45, 2.75) is 45.9 Å². The molecule has 0 bridgehead atoms. The Balaban J connectivity index is 1.45. The average molecular weight is 442 g/mol. The number of hydrogen-bond donors (Lipinski definition) is 1. The fourth-order valence-electron chi connectivity index (χ4n) is 3.31. The van der Waals surface area contributed by atoms with Gasteiger partial charge in [-0.2, -0.15) is 0 Å². The van der Waals surface area contributed by atoms with E-state index in [1.54, 1.807) is 23.1 Å². The van der Waals surface area contributed by atoms with Crippen LogP contribution in [0.1, 0.15) is 31.3 Å². The van der Waals surface area contributed by atoms with Crippen LogP contribution in [0, 0.1) is 0 Å². The fourth-order valence-corrected chi connectivity index (χ4v) is 4.35. The van der Waals surface area contributed by atoms with Crippen LogP contribution in [0.4, 0.5) is 9.93 Å². The first-order valence-corrected chi connectivity index (χ1v) is 10.7. The molecule has 0 aliphatic carbocycles. The summed E-state index contributed by atoms with van der Waals surface area (Å²) in [7, 11) is 0. The molecule has 0 saturated carbocycles. The summed E-state index contributed by atoms with van der Waals surface area (Å²) >= 11 is 1.33. The number of ether oxygens (including phenoxy) is 1. The van der Waals surface area contributed by atoms with Gasteiger partial charge in [0.25, 0.3) is 5.56 Å². The van der Waals surface area contributed by atoms with Crippen LogP contribution in [-0.4, -0.2) is 43.6 Å². The van der Waals surface area contributed by atoms with Crippen LogP contribution in [0.25, 0.3) is 11.0 Å². The minimum atomic E-state index is -0.556. The third-order valence-corrected chi connectivity index (χ3v) is 5.68. The molecule has 1 N–H and O–H groups in total. The highest BCUT2D eigenvalue weighted by molar-refractivity contribution is 7.15. The van der Waals surface area contributed by atoms with E-state index in [2.05, 4.69) is 15.3 Å². The Morgan fingerprint density at radius 2 is 2.03 bits per heavy atom. The second-order valence-corrected chi connectivity index (χ2v) is 9.34. The lowest BCUT2D eigenvalue weighted by atomic mass is 10.2. The Labute approximate surface area is 182 Å². The van der Waals surface area contributed by atoms with Gasteiger partial charge in [0.15, 0.2) is 5.13 Å². The monoisotopic (exact) mass is 441 g/mol. The maximum absolute atomic E-state index is 12.6. The predicted octanol–water partition coefficient (Wildman–Crippen LogP) is 2.78. The molecule has 0 unspecified atom stereocenters. The van der Waals surface area contributed by atoms with E-state index in [4.69, 9.17) is 4.74 Å². The summed E-state index contributed by atoms with van der Waals surface area (Å²) in [6, 6.07) is 7.16. The Morgan fingerprint density at radius 3 is 2.81 bits per heavy atom. The number of benzene rings is 1. The molecule has 2 aromatic heterocycles. The molecular weight excluding hydrogens is 418 g/mol. The van der Waals surface area contributed by atoms with Crippen molar-refractivity contribution in [3.8, 4) is 0 Å². The van der Waals surface area contributed by atoms with Gasteiger partial charge in [0.2, 0.25) is 5.91 Å². The molecule has 0 spiro atoms. The van der Waals surface area contributed by atoms with Gasteiger partial charge in [0.1, 0.15) is 12.1 Å². The van der Waals surface area contributed by atoms with E-state index < -0.39 is 5.60 Å². The van der Waals surface area contributed by atoms with E-state index in [9.17, 15) is 14.4 Å². The van der Waals surface area contributed by atoms with Gasteiger partial charge in [-0.25, -0.2) is 14.8 Å². The molecule has 2 amide bonds. The zero-order chi connectivity index (χ0) is 22.2. The van der Waals surface area contributed by atoms with E-state index in [1.807, 2.05) is 26.8 Å². The molecule has 162 valence electrons. The molecule has 1 aromatic carbocycles. The van der Waals surface area contributed by atoms with Crippen LogP contribution in [0.2, 0.25) is 0 Å². The minimum Gasteiger partial charge on any atom is -0.444 e. The number of amides is 2. The number of para-hydroxylation sites is 2. The van der Waals surface area contributed by atoms with Gasteiger partial charge in [0.05, 0.1) is 29.5 Å². The topological polar surface area (TPSA) is 106 Å². The number of aromatic nitrogens is 3.